The summed E-state index contributed by atoms with van der Waals surface area (Å²) in [4.78, 5) is 4.44. The van der Waals surface area contributed by atoms with Crippen LogP contribution >= 0.6 is 0 Å². The molecular weight excluding hydrogens is 252 g/mol. The zero-order valence-corrected chi connectivity index (χ0v) is 12.1. The third kappa shape index (κ3) is 3.95. The third-order valence-electron chi connectivity index (χ3n) is 3.59. The van der Waals surface area contributed by atoms with Crippen LogP contribution in [0.5, 0.6) is 0 Å². The molecule has 0 saturated heterocycles. The maximum absolute atomic E-state index is 5.55. The van der Waals surface area contributed by atoms with E-state index in [0.717, 1.165) is 19.3 Å². The molecule has 0 radical (unpaired) electrons. The number of hydrogen-bond donors (Lipinski definition) is 3. The number of aryl methyl sites for hydroxylation is 1. The van der Waals surface area contributed by atoms with Crippen molar-refractivity contribution in [2.45, 2.75) is 31.7 Å². The molecule has 0 aromatic heterocycles. The molecule has 1 aromatic rings. The van der Waals surface area contributed by atoms with Crippen molar-refractivity contribution in [1.29, 1.82) is 0 Å². The van der Waals surface area contributed by atoms with Crippen molar-refractivity contribution in [3.8, 4) is 0 Å². The van der Waals surface area contributed by atoms with Gasteiger partial charge in [0.15, 0.2) is 0 Å². The molecule has 20 heavy (non-hydrogen) atoms. The van der Waals surface area contributed by atoms with Crippen LogP contribution in [0.15, 0.2) is 29.3 Å². The minimum Gasteiger partial charge on any atom is -0.385 e. The topological polar surface area (TPSA) is 71.7 Å². The van der Waals surface area contributed by atoms with E-state index in [1.165, 1.54) is 17.5 Å². The van der Waals surface area contributed by atoms with Crippen LogP contribution in [0.25, 0.3) is 0 Å². The lowest BCUT2D eigenvalue weighted by atomic mass is 9.88. The number of methoxy groups -OCH3 is 1. The van der Waals surface area contributed by atoms with Gasteiger partial charge in [0.2, 0.25) is 5.96 Å². The molecule has 1 aliphatic carbocycles. The fraction of sp³-hybridized carbons (Fsp3) is 0.533. The predicted molar refractivity (Wildman–Crippen MR) is 81.4 cm³/mol. The van der Waals surface area contributed by atoms with E-state index in [0.29, 0.717) is 19.1 Å². The van der Waals surface area contributed by atoms with Crippen molar-refractivity contribution in [1.82, 2.24) is 10.7 Å². The van der Waals surface area contributed by atoms with E-state index in [1.54, 1.807) is 7.11 Å². The Kier molecular flexibility index (Phi) is 5.83. The van der Waals surface area contributed by atoms with Crippen LogP contribution in [0.1, 0.15) is 36.4 Å². The lowest BCUT2D eigenvalue weighted by molar-refractivity contribution is 0.197. The van der Waals surface area contributed by atoms with Crippen LogP contribution in [0.3, 0.4) is 0 Å². The number of nitrogens with one attached hydrogen (secondary N) is 2. The van der Waals surface area contributed by atoms with Crippen LogP contribution in [-0.4, -0.2) is 26.2 Å². The molecule has 110 valence electrons. The molecule has 0 heterocycles. The summed E-state index contributed by atoms with van der Waals surface area (Å²) in [6, 6.07) is 8.86. The summed E-state index contributed by atoms with van der Waals surface area (Å²) >= 11 is 0. The van der Waals surface area contributed by atoms with Gasteiger partial charge in [-0.05, 0) is 36.8 Å². The summed E-state index contributed by atoms with van der Waals surface area (Å²) < 4.78 is 5.01. The van der Waals surface area contributed by atoms with Gasteiger partial charge in [0, 0.05) is 20.3 Å². The number of hydrogen-bond acceptors (Lipinski definition) is 3. The van der Waals surface area contributed by atoms with E-state index in [2.05, 4.69) is 40.0 Å². The Balaban J connectivity index is 1.98. The summed E-state index contributed by atoms with van der Waals surface area (Å²) in [7, 11) is 1.70. The molecule has 0 spiro atoms. The van der Waals surface area contributed by atoms with Gasteiger partial charge < -0.3 is 10.1 Å². The first-order valence-corrected chi connectivity index (χ1v) is 7.19. The Morgan fingerprint density at radius 2 is 2.30 bits per heavy atom. The molecule has 5 heteroatoms. The molecule has 0 fully saturated rings. The maximum atomic E-state index is 5.55. The second-order valence-corrected chi connectivity index (χ2v) is 5.01. The van der Waals surface area contributed by atoms with Crippen LogP contribution in [0, 0.1) is 0 Å². The third-order valence-corrected chi connectivity index (χ3v) is 3.59. The maximum Gasteiger partial charge on any atom is 0.206 e. The number of hydrazine groups is 1. The van der Waals surface area contributed by atoms with Crippen molar-refractivity contribution in [2.75, 3.05) is 20.3 Å². The zero-order chi connectivity index (χ0) is 14.2. The van der Waals surface area contributed by atoms with Crippen molar-refractivity contribution in [3.05, 3.63) is 35.4 Å². The highest BCUT2D eigenvalue weighted by Gasteiger charge is 2.20. The molecule has 4 N–H and O–H groups in total. The van der Waals surface area contributed by atoms with Crippen molar-refractivity contribution in [2.24, 2.45) is 10.8 Å². The average molecular weight is 276 g/mol. The summed E-state index contributed by atoms with van der Waals surface area (Å²) in [5.41, 5.74) is 5.44. The molecule has 0 bridgehead atoms. The molecular formula is C15H24N4O. The normalized spacial score (nSPS) is 18.5. The first-order chi connectivity index (χ1) is 9.85. The van der Waals surface area contributed by atoms with Crippen molar-refractivity contribution in [3.63, 3.8) is 0 Å². The Morgan fingerprint density at radius 1 is 1.45 bits per heavy atom. The van der Waals surface area contributed by atoms with Gasteiger partial charge in [0.1, 0.15) is 0 Å². The Bertz CT molecular complexity index is 447. The van der Waals surface area contributed by atoms with E-state index in [9.17, 15) is 0 Å². The van der Waals surface area contributed by atoms with Gasteiger partial charge in [-0.15, -0.1) is 0 Å². The highest BCUT2D eigenvalue weighted by Crippen LogP contribution is 2.29. The molecule has 1 aliphatic rings. The minimum atomic E-state index is 0.289. The Hall–Kier alpha value is -1.59. The van der Waals surface area contributed by atoms with E-state index < -0.39 is 0 Å². The summed E-state index contributed by atoms with van der Waals surface area (Å²) in [5.74, 6) is 6.21. The highest BCUT2D eigenvalue weighted by atomic mass is 16.5. The van der Waals surface area contributed by atoms with Gasteiger partial charge in [-0.1, -0.05) is 24.3 Å². The molecule has 0 aliphatic heterocycles. The number of fused-ring (bicyclic) bond motifs is 1. The first kappa shape index (κ1) is 14.8. The van der Waals surface area contributed by atoms with Gasteiger partial charge in [-0.3, -0.25) is 10.4 Å². The van der Waals surface area contributed by atoms with Gasteiger partial charge in [-0.2, -0.15) is 0 Å². The van der Waals surface area contributed by atoms with Crippen LogP contribution in [0.2, 0.25) is 0 Å². The number of nitrogens with two attached hydrogens (primary N) is 1. The molecule has 1 unspecified atom stereocenters. The average Bonchev–Trinajstić information content (AvgIpc) is 2.50. The van der Waals surface area contributed by atoms with Crippen molar-refractivity contribution < 1.29 is 4.74 Å². The number of aliphatic imine (C=N–C) groups is 1. The molecule has 1 aromatic carbocycles. The Labute approximate surface area is 120 Å². The molecule has 5 nitrogen and oxygen atoms in total. The molecule has 2 rings (SSSR count). The van der Waals surface area contributed by atoms with Gasteiger partial charge in [0.05, 0.1) is 6.04 Å². The van der Waals surface area contributed by atoms with E-state index >= 15 is 0 Å². The van der Waals surface area contributed by atoms with Crippen molar-refractivity contribution >= 4 is 5.96 Å². The number of ether oxygens (including phenoxy) is 1. The summed E-state index contributed by atoms with van der Waals surface area (Å²) in [6.07, 6.45) is 4.35. The fourth-order valence-electron chi connectivity index (χ4n) is 2.60. The molecule has 0 saturated carbocycles. The number of guanidine groups is 1. The second-order valence-electron chi connectivity index (χ2n) is 5.01. The number of nitrogens with zero attached hydrogens (tertiary/aromatic N) is 1. The zero-order valence-electron chi connectivity index (χ0n) is 12.1. The predicted octanol–water partition coefficient (Wildman–Crippen LogP) is 1.51. The molecule has 1 atom stereocenters. The van der Waals surface area contributed by atoms with E-state index in [1.807, 2.05) is 0 Å². The SMILES string of the molecule is COCCCN=C(NN)NC1CCCc2ccccc21. The number of benzene rings is 1. The van der Waals surface area contributed by atoms with Crippen LogP contribution < -0.4 is 16.6 Å². The fourth-order valence-corrected chi connectivity index (χ4v) is 2.60. The molecule has 0 amide bonds. The Morgan fingerprint density at radius 3 is 3.10 bits per heavy atom. The standard InChI is InChI=1S/C15H24N4O/c1-20-11-5-10-17-15(19-16)18-14-9-4-7-12-6-2-3-8-13(12)14/h2-3,6,8,14H,4-5,7,9-11,16H2,1H3,(H2,17,18,19). The summed E-state index contributed by atoms with van der Waals surface area (Å²) in [5, 5.41) is 3.41. The number of rotatable bonds is 5. The second kappa shape index (κ2) is 7.87. The van der Waals surface area contributed by atoms with Crippen LogP contribution in [-0.2, 0) is 11.2 Å². The smallest absolute Gasteiger partial charge is 0.206 e. The quantitative estimate of drug-likeness (QED) is 0.251. The monoisotopic (exact) mass is 276 g/mol. The summed E-state index contributed by atoms with van der Waals surface area (Å²) in [6.45, 7) is 1.42. The van der Waals surface area contributed by atoms with E-state index in [-0.39, 0.29) is 6.04 Å². The minimum absolute atomic E-state index is 0.289. The largest absolute Gasteiger partial charge is 0.385 e. The lowest BCUT2D eigenvalue weighted by Crippen LogP contribution is -2.44. The van der Waals surface area contributed by atoms with E-state index in [4.69, 9.17) is 10.6 Å². The van der Waals surface area contributed by atoms with Gasteiger partial charge in [-0.25, -0.2) is 5.84 Å². The first-order valence-electron chi connectivity index (χ1n) is 7.19. The lowest BCUT2D eigenvalue weighted by Gasteiger charge is -2.27. The highest BCUT2D eigenvalue weighted by molar-refractivity contribution is 5.79. The van der Waals surface area contributed by atoms with Gasteiger partial charge >= 0.3 is 0 Å². The van der Waals surface area contributed by atoms with Gasteiger partial charge in [0.25, 0.3) is 0 Å². The van der Waals surface area contributed by atoms with Crippen LogP contribution in [0.4, 0.5) is 0 Å².